The summed E-state index contributed by atoms with van der Waals surface area (Å²) in [6.45, 7) is 4.09. The molecule has 0 saturated heterocycles. The van der Waals surface area contributed by atoms with Crippen LogP contribution < -0.4 is 0 Å². The molecule has 0 saturated carbocycles. The van der Waals surface area contributed by atoms with Crippen LogP contribution in [-0.2, 0) is 19.5 Å². The van der Waals surface area contributed by atoms with Gasteiger partial charge in [0.25, 0.3) is 0 Å². The number of nitrogens with one attached hydrogen (secondary N) is 1. The van der Waals surface area contributed by atoms with Gasteiger partial charge in [-0.1, -0.05) is 26.7 Å². The zero-order chi connectivity index (χ0) is 4.99. The van der Waals surface area contributed by atoms with E-state index in [0.29, 0.717) is 0 Å². The summed E-state index contributed by atoms with van der Waals surface area (Å²) in [7, 11) is 0. The Hall–Kier alpha value is 0.583. The van der Waals surface area contributed by atoms with Crippen molar-refractivity contribution >= 4 is 0 Å². The molecule has 0 aromatic rings. The van der Waals surface area contributed by atoms with Crippen molar-refractivity contribution in [3.8, 4) is 0 Å². The minimum absolute atomic E-state index is 0. The fraction of sp³-hybridized carbons (Fsp3) is 1.00. The Morgan fingerprint density at radius 1 is 1.29 bits per heavy atom. The van der Waals surface area contributed by atoms with Gasteiger partial charge >= 0.3 is 0 Å². The van der Waals surface area contributed by atoms with Gasteiger partial charge in [-0.2, -0.15) is 0 Å². The molecule has 7 heavy (non-hydrogen) atoms. The van der Waals surface area contributed by atoms with Crippen molar-refractivity contribution in [3.05, 3.63) is 5.73 Å². The van der Waals surface area contributed by atoms with Crippen LogP contribution in [0.5, 0.6) is 0 Å². The summed E-state index contributed by atoms with van der Waals surface area (Å²) >= 11 is 0. The zero-order valence-corrected chi connectivity index (χ0v) is 6.46. The zero-order valence-electron chi connectivity index (χ0n) is 4.82. The Balaban J connectivity index is 0. The van der Waals surface area contributed by atoms with Crippen molar-refractivity contribution in [2.24, 2.45) is 0 Å². The van der Waals surface area contributed by atoms with E-state index in [4.69, 9.17) is 5.73 Å². The third-order valence-electron chi connectivity index (χ3n) is 0.986. The molecule has 0 aliphatic rings. The summed E-state index contributed by atoms with van der Waals surface area (Å²) in [5.41, 5.74) is 7.07. The van der Waals surface area contributed by atoms with Gasteiger partial charge in [0.15, 0.2) is 0 Å². The molecule has 0 fully saturated rings. The minimum atomic E-state index is 0. The van der Waals surface area contributed by atoms with Crippen LogP contribution in [-0.4, -0.2) is 6.04 Å². The van der Waals surface area contributed by atoms with Crippen LogP contribution >= 0.6 is 0 Å². The maximum absolute atomic E-state index is 7.07. The SMILES string of the molecule is CCC([NH-])CC.[Rh]. The van der Waals surface area contributed by atoms with Crippen molar-refractivity contribution in [2.45, 2.75) is 32.7 Å². The normalized spacial score (nSPS) is 8.57. The van der Waals surface area contributed by atoms with E-state index in [1.807, 2.05) is 13.8 Å². The smallest absolute Gasteiger partial charge is 0 e. The Morgan fingerprint density at radius 3 is 1.57 bits per heavy atom. The van der Waals surface area contributed by atoms with Gasteiger partial charge in [-0.15, -0.1) is 6.04 Å². The maximum atomic E-state index is 7.07. The molecule has 47 valence electrons. The standard InChI is InChI=1S/C5H12N.Rh/c1-3-5(6)4-2;/h5-6H,3-4H2,1-2H3;/q-1;. The molecule has 0 bridgehead atoms. The largest absolute Gasteiger partial charge is 0.675 e. The second-order valence-electron chi connectivity index (χ2n) is 1.51. The van der Waals surface area contributed by atoms with E-state index < -0.39 is 0 Å². The summed E-state index contributed by atoms with van der Waals surface area (Å²) in [6, 6.07) is 0.185. The first-order valence-electron chi connectivity index (χ1n) is 2.52. The van der Waals surface area contributed by atoms with Crippen LogP contribution in [0.4, 0.5) is 0 Å². The number of rotatable bonds is 2. The van der Waals surface area contributed by atoms with E-state index in [1.165, 1.54) is 0 Å². The monoisotopic (exact) mass is 189 g/mol. The van der Waals surface area contributed by atoms with Gasteiger partial charge in [-0.25, -0.2) is 0 Å². The second-order valence-corrected chi connectivity index (χ2v) is 1.51. The number of hydrogen-bond acceptors (Lipinski definition) is 0. The summed E-state index contributed by atoms with van der Waals surface area (Å²) in [6.07, 6.45) is 1.99. The molecule has 0 heterocycles. The van der Waals surface area contributed by atoms with Crippen molar-refractivity contribution in [2.75, 3.05) is 0 Å². The van der Waals surface area contributed by atoms with Gasteiger partial charge in [-0.3, -0.25) is 0 Å². The second kappa shape index (κ2) is 6.58. The van der Waals surface area contributed by atoms with Gasteiger partial charge in [0.2, 0.25) is 0 Å². The molecule has 0 aliphatic heterocycles. The van der Waals surface area contributed by atoms with E-state index in [2.05, 4.69) is 0 Å². The Bertz CT molecular complexity index is 27.3. The predicted octanol–water partition coefficient (Wildman–Crippen LogP) is 2.22. The van der Waals surface area contributed by atoms with Gasteiger partial charge in [0.1, 0.15) is 0 Å². The molecule has 0 rings (SSSR count). The van der Waals surface area contributed by atoms with Crippen LogP contribution in [0.3, 0.4) is 0 Å². The van der Waals surface area contributed by atoms with E-state index in [-0.39, 0.29) is 25.5 Å². The van der Waals surface area contributed by atoms with E-state index in [0.717, 1.165) is 12.8 Å². The van der Waals surface area contributed by atoms with Crippen LogP contribution in [0.25, 0.3) is 5.73 Å². The van der Waals surface area contributed by atoms with Gasteiger partial charge in [0.05, 0.1) is 0 Å². The minimum Gasteiger partial charge on any atom is -0.675 e. The molecular formula is C5H12NRh-. The Labute approximate surface area is 58.4 Å². The van der Waals surface area contributed by atoms with Crippen molar-refractivity contribution in [1.82, 2.24) is 0 Å². The molecule has 0 aromatic carbocycles. The maximum Gasteiger partial charge on any atom is 0 e. The first-order chi connectivity index (χ1) is 2.81. The summed E-state index contributed by atoms with van der Waals surface area (Å²) in [4.78, 5) is 0. The van der Waals surface area contributed by atoms with Crippen molar-refractivity contribution in [3.63, 3.8) is 0 Å². The van der Waals surface area contributed by atoms with Gasteiger partial charge in [-0.05, 0) is 0 Å². The molecule has 1 N–H and O–H groups in total. The van der Waals surface area contributed by atoms with Crippen molar-refractivity contribution < 1.29 is 19.5 Å². The predicted molar refractivity (Wildman–Crippen MR) is 28.7 cm³/mol. The molecule has 0 aliphatic carbocycles. The first kappa shape index (κ1) is 10.5. The molecule has 2 heteroatoms. The third-order valence-corrected chi connectivity index (χ3v) is 0.986. The summed E-state index contributed by atoms with van der Waals surface area (Å²) < 4.78 is 0. The van der Waals surface area contributed by atoms with Crippen LogP contribution in [0, 0.1) is 0 Å². The third kappa shape index (κ3) is 6.58. The molecular weight excluding hydrogens is 177 g/mol. The molecule has 0 spiro atoms. The summed E-state index contributed by atoms with van der Waals surface area (Å²) in [5.74, 6) is 0. The van der Waals surface area contributed by atoms with Crippen LogP contribution in [0.1, 0.15) is 26.7 Å². The van der Waals surface area contributed by atoms with Gasteiger partial charge in [0, 0.05) is 19.5 Å². The molecule has 1 radical (unpaired) electrons. The number of hydrogen-bond donors (Lipinski definition) is 0. The van der Waals surface area contributed by atoms with E-state index >= 15 is 0 Å². The van der Waals surface area contributed by atoms with Crippen molar-refractivity contribution in [1.29, 1.82) is 0 Å². The average molecular weight is 189 g/mol. The fourth-order valence-corrected chi connectivity index (χ4v) is 0.289. The fourth-order valence-electron chi connectivity index (χ4n) is 0.289. The quantitative estimate of drug-likeness (QED) is 0.594. The molecule has 1 nitrogen and oxygen atoms in total. The molecule has 0 amide bonds. The molecule has 0 atom stereocenters. The molecule has 0 unspecified atom stereocenters. The molecule has 0 aromatic heterocycles. The average Bonchev–Trinajstić information content (AvgIpc) is 1.65. The van der Waals surface area contributed by atoms with Crippen LogP contribution in [0.2, 0.25) is 0 Å². The Kier molecular flexibility index (Phi) is 9.92. The Morgan fingerprint density at radius 2 is 1.57 bits per heavy atom. The van der Waals surface area contributed by atoms with Gasteiger partial charge < -0.3 is 5.73 Å². The summed E-state index contributed by atoms with van der Waals surface area (Å²) in [5, 5.41) is 0. The first-order valence-corrected chi connectivity index (χ1v) is 2.52. The topological polar surface area (TPSA) is 23.8 Å². The van der Waals surface area contributed by atoms with E-state index in [9.17, 15) is 0 Å². The van der Waals surface area contributed by atoms with Crippen LogP contribution in [0.15, 0.2) is 0 Å². The van der Waals surface area contributed by atoms with E-state index in [1.54, 1.807) is 0 Å².